The zero-order chi connectivity index (χ0) is 19.1. The predicted octanol–water partition coefficient (Wildman–Crippen LogP) is 4.69. The molecule has 0 spiro atoms. The molecule has 0 radical (unpaired) electrons. The van der Waals surface area contributed by atoms with Gasteiger partial charge in [0.2, 0.25) is 0 Å². The topological polar surface area (TPSA) is 54.0 Å². The van der Waals surface area contributed by atoms with Crippen LogP contribution in [0.4, 0.5) is 0 Å². The fourth-order valence-corrected chi connectivity index (χ4v) is 2.47. The highest BCUT2D eigenvalue weighted by Gasteiger charge is 2.02. The minimum Gasteiger partial charge on any atom is -0.463 e. The highest BCUT2D eigenvalue weighted by molar-refractivity contribution is 5.69. The average molecular weight is 373 g/mol. The molecule has 0 aromatic carbocycles. The van der Waals surface area contributed by atoms with Gasteiger partial charge in [-0.2, -0.15) is 0 Å². The van der Waals surface area contributed by atoms with Gasteiger partial charge in [0.15, 0.2) is 0 Å². The molecule has 0 heterocycles. The summed E-state index contributed by atoms with van der Waals surface area (Å²) in [5.41, 5.74) is 0. The van der Waals surface area contributed by atoms with Crippen LogP contribution in [0.5, 0.6) is 0 Å². The second-order valence-electron chi connectivity index (χ2n) is 6.39. The Balaban J connectivity index is 3.14. The molecule has 0 N–H and O–H groups in total. The van der Waals surface area contributed by atoms with Gasteiger partial charge in [0, 0.05) is 6.42 Å². The molecule has 0 aromatic rings. The molecule has 0 rings (SSSR count). The molecule has 0 bridgehead atoms. The Bertz CT molecular complexity index is 307. The third-order valence-corrected chi connectivity index (χ3v) is 3.95. The van der Waals surface area contributed by atoms with Crippen molar-refractivity contribution in [3.8, 4) is 0 Å². The van der Waals surface area contributed by atoms with Crippen LogP contribution in [0.2, 0.25) is 0 Å². The summed E-state index contributed by atoms with van der Waals surface area (Å²) in [5, 5.41) is 0. The Hall–Kier alpha value is -0.910. The highest BCUT2D eigenvalue weighted by Crippen LogP contribution is 2.10. The van der Waals surface area contributed by atoms with Crippen molar-refractivity contribution in [2.45, 2.75) is 71.1 Å². The normalized spacial score (nSPS) is 10.8. The van der Waals surface area contributed by atoms with E-state index in [1.807, 2.05) is 0 Å². The maximum atomic E-state index is 11.6. The maximum absolute atomic E-state index is 11.6. The molecule has 0 amide bonds. The van der Waals surface area contributed by atoms with Gasteiger partial charge in [0.05, 0.1) is 39.6 Å². The highest BCUT2D eigenvalue weighted by atomic mass is 16.6. The first-order valence-electron chi connectivity index (χ1n) is 10.3. The largest absolute Gasteiger partial charge is 0.463 e. The summed E-state index contributed by atoms with van der Waals surface area (Å²) < 4.78 is 21.0. The van der Waals surface area contributed by atoms with Crippen LogP contribution in [0.25, 0.3) is 0 Å². The van der Waals surface area contributed by atoms with E-state index < -0.39 is 0 Å². The summed E-state index contributed by atoms with van der Waals surface area (Å²) in [6, 6.07) is 0. The number of ether oxygens (including phenoxy) is 4. The molecule has 5 nitrogen and oxygen atoms in total. The summed E-state index contributed by atoms with van der Waals surface area (Å²) in [4.78, 5) is 11.6. The molecule has 0 atom stereocenters. The molecule has 26 heavy (non-hydrogen) atoms. The van der Waals surface area contributed by atoms with E-state index in [2.05, 4.69) is 13.5 Å². The van der Waals surface area contributed by atoms with Gasteiger partial charge < -0.3 is 18.9 Å². The van der Waals surface area contributed by atoms with Gasteiger partial charge in [0.25, 0.3) is 0 Å². The van der Waals surface area contributed by atoms with Crippen molar-refractivity contribution < 1.29 is 23.7 Å². The smallest absolute Gasteiger partial charge is 0.305 e. The molecule has 5 heteroatoms. The summed E-state index contributed by atoms with van der Waals surface area (Å²) in [6.45, 7) is 9.21. The SMILES string of the molecule is C=CCOCCOCCOCCOC(=O)CCCCCCCCCCC. The molecule has 0 aliphatic rings. The quantitative estimate of drug-likeness (QED) is 0.166. The van der Waals surface area contributed by atoms with Crippen LogP contribution in [0, 0.1) is 0 Å². The first kappa shape index (κ1) is 25.1. The molecular weight excluding hydrogens is 332 g/mol. The van der Waals surface area contributed by atoms with Crippen LogP contribution < -0.4 is 0 Å². The summed E-state index contributed by atoms with van der Waals surface area (Å²) >= 11 is 0. The van der Waals surface area contributed by atoms with Gasteiger partial charge in [-0.1, -0.05) is 64.4 Å². The summed E-state index contributed by atoms with van der Waals surface area (Å²) in [5.74, 6) is -0.118. The van der Waals surface area contributed by atoms with Gasteiger partial charge in [0.1, 0.15) is 6.61 Å². The first-order valence-corrected chi connectivity index (χ1v) is 10.3. The third-order valence-electron chi connectivity index (χ3n) is 3.95. The number of carbonyl (C=O) groups is 1. The number of unbranched alkanes of at least 4 members (excludes halogenated alkanes) is 8. The second kappa shape index (κ2) is 22.1. The Morgan fingerprint density at radius 3 is 1.81 bits per heavy atom. The summed E-state index contributed by atoms with van der Waals surface area (Å²) in [6.07, 6.45) is 13.5. The lowest BCUT2D eigenvalue weighted by atomic mass is 10.1. The Kier molecular flexibility index (Phi) is 21.4. The van der Waals surface area contributed by atoms with Gasteiger partial charge in [-0.05, 0) is 6.42 Å². The van der Waals surface area contributed by atoms with Crippen molar-refractivity contribution in [2.75, 3.05) is 46.2 Å². The van der Waals surface area contributed by atoms with E-state index in [9.17, 15) is 4.79 Å². The second-order valence-corrected chi connectivity index (χ2v) is 6.39. The van der Waals surface area contributed by atoms with E-state index in [1.54, 1.807) is 6.08 Å². The molecule has 0 aliphatic carbocycles. The van der Waals surface area contributed by atoms with Crippen molar-refractivity contribution in [2.24, 2.45) is 0 Å². The Labute approximate surface area is 160 Å². The number of hydrogen-bond donors (Lipinski definition) is 0. The molecule has 0 saturated carbocycles. The molecule has 0 saturated heterocycles. The van der Waals surface area contributed by atoms with Gasteiger partial charge in [-0.3, -0.25) is 4.79 Å². The fourth-order valence-electron chi connectivity index (χ4n) is 2.47. The van der Waals surface area contributed by atoms with E-state index in [0.717, 1.165) is 12.8 Å². The minimum atomic E-state index is -0.118. The molecule has 0 aliphatic heterocycles. The van der Waals surface area contributed by atoms with Crippen LogP contribution in [0.1, 0.15) is 71.1 Å². The molecule has 0 unspecified atom stereocenters. The van der Waals surface area contributed by atoms with Crippen LogP contribution in [-0.2, 0) is 23.7 Å². The first-order chi connectivity index (χ1) is 12.8. The number of carbonyl (C=O) groups excluding carboxylic acids is 1. The minimum absolute atomic E-state index is 0.118. The van der Waals surface area contributed by atoms with Crippen LogP contribution in [0.15, 0.2) is 12.7 Å². The van der Waals surface area contributed by atoms with E-state index in [4.69, 9.17) is 18.9 Å². The lowest BCUT2D eigenvalue weighted by Crippen LogP contribution is -2.13. The van der Waals surface area contributed by atoms with E-state index >= 15 is 0 Å². The molecule has 154 valence electrons. The fraction of sp³-hybridized carbons (Fsp3) is 0.857. The molecule has 0 aromatic heterocycles. The monoisotopic (exact) mass is 372 g/mol. The number of hydrogen-bond acceptors (Lipinski definition) is 5. The summed E-state index contributed by atoms with van der Waals surface area (Å²) in [7, 11) is 0. The molecular formula is C21H40O5. The van der Waals surface area contributed by atoms with Crippen LogP contribution in [0.3, 0.4) is 0 Å². The van der Waals surface area contributed by atoms with Crippen molar-refractivity contribution in [3.05, 3.63) is 12.7 Å². The van der Waals surface area contributed by atoms with Gasteiger partial charge in [-0.15, -0.1) is 6.58 Å². The average Bonchev–Trinajstić information content (AvgIpc) is 2.64. The van der Waals surface area contributed by atoms with Gasteiger partial charge in [-0.25, -0.2) is 0 Å². The van der Waals surface area contributed by atoms with Crippen molar-refractivity contribution in [1.29, 1.82) is 0 Å². The lowest BCUT2D eigenvalue weighted by molar-refractivity contribution is -0.145. The maximum Gasteiger partial charge on any atom is 0.305 e. The third kappa shape index (κ3) is 21.1. The van der Waals surface area contributed by atoms with Crippen molar-refractivity contribution >= 4 is 5.97 Å². The van der Waals surface area contributed by atoms with E-state index in [1.165, 1.54) is 44.9 Å². The Morgan fingerprint density at radius 2 is 1.23 bits per heavy atom. The number of rotatable bonds is 21. The van der Waals surface area contributed by atoms with Crippen molar-refractivity contribution in [3.63, 3.8) is 0 Å². The van der Waals surface area contributed by atoms with Crippen LogP contribution in [-0.4, -0.2) is 52.2 Å². The zero-order valence-corrected chi connectivity index (χ0v) is 16.8. The van der Waals surface area contributed by atoms with E-state index in [0.29, 0.717) is 52.7 Å². The van der Waals surface area contributed by atoms with E-state index in [-0.39, 0.29) is 5.97 Å². The van der Waals surface area contributed by atoms with Crippen molar-refractivity contribution in [1.82, 2.24) is 0 Å². The van der Waals surface area contributed by atoms with Crippen LogP contribution >= 0.6 is 0 Å². The predicted molar refractivity (Wildman–Crippen MR) is 105 cm³/mol. The zero-order valence-electron chi connectivity index (χ0n) is 16.8. The molecule has 0 fully saturated rings. The van der Waals surface area contributed by atoms with Gasteiger partial charge >= 0.3 is 5.97 Å². The lowest BCUT2D eigenvalue weighted by Gasteiger charge is -2.07. The Morgan fingerprint density at radius 1 is 0.731 bits per heavy atom. The standard InChI is InChI=1S/C21H40O5/c1-3-5-6-7-8-9-10-11-12-13-21(22)26-20-19-25-18-17-24-16-15-23-14-4-2/h4H,2-3,5-20H2,1H3. The number of esters is 1.